The molecule has 0 aromatic heterocycles. The van der Waals surface area contributed by atoms with Crippen LogP contribution in [0.3, 0.4) is 0 Å². The van der Waals surface area contributed by atoms with Gasteiger partial charge in [0.05, 0.1) is 0 Å². The number of ether oxygens (including phenoxy) is 2. The largest absolute Gasteiger partial charge is 0.462 e. The van der Waals surface area contributed by atoms with E-state index in [4.69, 9.17) is 4.74 Å². The van der Waals surface area contributed by atoms with Crippen molar-refractivity contribution in [2.45, 2.75) is 39.5 Å². The summed E-state index contributed by atoms with van der Waals surface area (Å²) in [4.78, 5) is 20.7. The lowest BCUT2D eigenvalue weighted by Crippen LogP contribution is -2.03. The molecule has 0 aliphatic carbocycles. The van der Waals surface area contributed by atoms with Crippen LogP contribution in [0.1, 0.15) is 39.5 Å². The Morgan fingerprint density at radius 3 is 2.00 bits per heavy atom. The second-order valence-electron chi connectivity index (χ2n) is 3.52. The first kappa shape index (κ1) is 18.8. The molecule has 4 nitrogen and oxygen atoms in total. The average Bonchev–Trinajstić information content (AvgIpc) is 2.35. The summed E-state index contributed by atoms with van der Waals surface area (Å²) in [5, 5.41) is 0. The lowest BCUT2D eigenvalue weighted by molar-refractivity contribution is -0.142. The highest BCUT2D eigenvalue weighted by Gasteiger charge is 1.99. The molecular weight excluding hydrogens is 232 g/mol. The summed E-state index contributed by atoms with van der Waals surface area (Å²) in [6, 6.07) is 0. The van der Waals surface area contributed by atoms with E-state index < -0.39 is 0 Å². The van der Waals surface area contributed by atoms with Gasteiger partial charge in [0.15, 0.2) is 0 Å². The van der Waals surface area contributed by atoms with Gasteiger partial charge in [0.25, 0.3) is 0 Å². The van der Waals surface area contributed by atoms with Crippen LogP contribution in [0.2, 0.25) is 0 Å². The van der Waals surface area contributed by atoms with Gasteiger partial charge in [-0.1, -0.05) is 45.1 Å². The standard InChI is InChI=1S/C9H16O2.C5H8O2/c1-3-5-6-7-9(10)11-8-4-2;1-3-4-7-5(2)6/h4H,2-3,5-8H2,1H3;3H,1,4H2,2H3. The minimum absolute atomic E-state index is 0.113. The quantitative estimate of drug-likeness (QED) is 0.380. The van der Waals surface area contributed by atoms with Gasteiger partial charge in [0.2, 0.25) is 0 Å². The first-order valence-electron chi connectivity index (χ1n) is 6.09. The van der Waals surface area contributed by atoms with E-state index >= 15 is 0 Å². The monoisotopic (exact) mass is 256 g/mol. The maximum absolute atomic E-state index is 10.8. The fourth-order valence-corrected chi connectivity index (χ4v) is 0.920. The van der Waals surface area contributed by atoms with E-state index in [1.807, 2.05) is 0 Å². The molecule has 18 heavy (non-hydrogen) atoms. The predicted octanol–water partition coefficient (Wildman–Crippen LogP) is 3.03. The molecule has 0 unspecified atom stereocenters. The Balaban J connectivity index is 0. The zero-order valence-corrected chi connectivity index (χ0v) is 11.4. The molecule has 0 rings (SSSR count). The summed E-state index contributed by atoms with van der Waals surface area (Å²) in [5.74, 6) is -0.377. The van der Waals surface area contributed by atoms with Crippen molar-refractivity contribution in [2.75, 3.05) is 13.2 Å². The molecular formula is C14H24O4. The molecule has 104 valence electrons. The summed E-state index contributed by atoms with van der Waals surface area (Å²) in [6.07, 6.45) is 6.82. The molecule has 0 aliphatic rings. The van der Waals surface area contributed by atoms with Gasteiger partial charge in [-0.2, -0.15) is 0 Å². The number of hydrogen-bond donors (Lipinski definition) is 0. The van der Waals surface area contributed by atoms with E-state index in [-0.39, 0.29) is 11.9 Å². The highest BCUT2D eigenvalue weighted by Crippen LogP contribution is 1.99. The highest BCUT2D eigenvalue weighted by molar-refractivity contribution is 5.69. The van der Waals surface area contributed by atoms with Gasteiger partial charge in [-0.3, -0.25) is 9.59 Å². The topological polar surface area (TPSA) is 52.6 Å². The van der Waals surface area contributed by atoms with Crippen LogP contribution in [-0.4, -0.2) is 25.2 Å². The number of carbonyl (C=O) groups excluding carboxylic acids is 2. The second kappa shape index (κ2) is 15.4. The summed E-state index contributed by atoms with van der Waals surface area (Å²) in [7, 11) is 0. The fourth-order valence-electron chi connectivity index (χ4n) is 0.920. The van der Waals surface area contributed by atoms with Crippen LogP contribution in [0.4, 0.5) is 0 Å². The Morgan fingerprint density at radius 1 is 1.06 bits per heavy atom. The number of hydrogen-bond acceptors (Lipinski definition) is 4. The van der Waals surface area contributed by atoms with Crippen molar-refractivity contribution >= 4 is 11.9 Å². The first-order valence-corrected chi connectivity index (χ1v) is 6.09. The van der Waals surface area contributed by atoms with Crippen LogP contribution in [0, 0.1) is 0 Å². The third-order valence-corrected chi connectivity index (χ3v) is 1.75. The number of rotatable bonds is 8. The predicted molar refractivity (Wildman–Crippen MR) is 72.1 cm³/mol. The van der Waals surface area contributed by atoms with Crippen molar-refractivity contribution in [2.24, 2.45) is 0 Å². The molecule has 0 atom stereocenters. The maximum atomic E-state index is 10.8. The minimum Gasteiger partial charge on any atom is -0.462 e. The Kier molecular flexibility index (Phi) is 16.1. The average molecular weight is 256 g/mol. The number of carbonyl (C=O) groups is 2. The van der Waals surface area contributed by atoms with Gasteiger partial charge in [0.1, 0.15) is 13.2 Å². The van der Waals surface area contributed by atoms with Gasteiger partial charge < -0.3 is 9.47 Å². The van der Waals surface area contributed by atoms with Crippen LogP contribution < -0.4 is 0 Å². The van der Waals surface area contributed by atoms with E-state index in [0.717, 1.165) is 19.3 Å². The van der Waals surface area contributed by atoms with Gasteiger partial charge >= 0.3 is 11.9 Å². The molecule has 0 aromatic carbocycles. The Hall–Kier alpha value is -1.58. The van der Waals surface area contributed by atoms with Crippen LogP contribution in [-0.2, 0) is 19.1 Å². The van der Waals surface area contributed by atoms with Crippen LogP contribution in [0.25, 0.3) is 0 Å². The zero-order valence-electron chi connectivity index (χ0n) is 11.4. The summed E-state index contributed by atoms with van der Waals surface area (Å²) in [5.41, 5.74) is 0. The zero-order chi connectivity index (χ0) is 14.2. The molecule has 0 N–H and O–H groups in total. The fraction of sp³-hybridized carbons (Fsp3) is 0.571. The molecule has 0 saturated carbocycles. The summed E-state index contributed by atoms with van der Waals surface area (Å²) < 4.78 is 9.21. The van der Waals surface area contributed by atoms with E-state index in [1.54, 1.807) is 6.08 Å². The van der Waals surface area contributed by atoms with E-state index in [9.17, 15) is 9.59 Å². The van der Waals surface area contributed by atoms with Crippen molar-refractivity contribution in [3.8, 4) is 0 Å². The minimum atomic E-state index is -0.264. The lowest BCUT2D eigenvalue weighted by Gasteiger charge is -1.99. The number of unbranched alkanes of at least 4 members (excludes halogenated alkanes) is 2. The van der Waals surface area contributed by atoms with Gasteiger partial charge in [-0.15, -0.1) is 0 Å². The molecule has 0 amide bonds. The molecule has 0 aliphatic heterocycles. The van der Waals surface area contributed by atoms with Crippen molar-refractivity contribution in [3.63, 3.8) is 0 Å². The maximum Gasteiger partial charge on any atom is 0.306 e. The molecule has 0 heterocycles. The van der Waals surface area contributed by atoms with Gasteiger partial charge in [-0.25, -0.2) is 0 Å². The van der Waals surface area contributed by atoms with E-state index in [0.29, 0.717) is 19.6 Å². The second-order valence-corrected chi connectivity index (χ2v) is 3.52. The smallest absolute Gasteiger partial charge is 0.306 e. The molecule has 0 saturated heterocycles. The normalized spacial score (nSPS) is 8.56. The number of esters is 2. The third-order valence-electron chi connectivity index (χ3n) is 1.75. The first-order chi connectivity index (χ1) is 8.58. The Morgan fingerprint density at radius 2 is 1.61 bits per heavy atom. The summed E-state index contributed by atoms with van der Waals surface area (Å²) >= 11 is 0. The van der Waals surface area contributed by atoms with Crippen molar-refractivity contribution in [1.29, 1.82) is 0 Å². The van der Waals surface area contributed by atoms with Gasteiger partial charge in [-0.05, 0) is 6.42 Å². The van der Waals surface area contributed by atoms with Gasteiger partial charge in [0, 0.05) is 13.3 Å². The molecule has 0 radical (unpaired) electrons. The Labute approximate surface area is 110 Å². The molecule has 4 heteroatoms. The molecule has 0 fully saturated rings. The lowest BCUT2D eigenvalue weighted by atomic mass is 10.2. The van der Waals surface area contributed by atoms with Crippen LogP contribution in [0.15, 0.2) is 25.3 Å². The van der Waals surface area contributed by atoms with E-state index in [2.05, 4.69) is 24.8 Å². The van der Waals surface area contributed by atoms with Crippen molar-refractivity contribution < 1.29 is 19.1 Å². The third kappa shape index (κ3) is 19.9. The van der Waals surface area contributed by atoms with Crippen LogP contribution in [0.5, 0.6) is 0 Å². The van der Waals surface area contributed by atoms with Crippen LogP contribution >= 0.6 is 0 Å². The SMILES string of the molecule is C=CCOC(=O)CCCCC.C=CCOC(C)=O. The molecule has 0 aromatic rings. The highest BCUT2D eigenvalue weighted by atomic mass is 16.5. The molecule has 0 spiro atoms. The van der Waals surface area contributed by atoms with E-state index in [1.165, 1.54) is 13.0 Å². The molecule has 0 bridgehead atoms. The van der Waals surface area contributed by atoms with Crippen molar-refractivity contribution in [1.82, 2.24) is 0 Å². The summed E-state index contributed by atoms with van der Waals surface area (Å²) in [6.45, 7) is 10.9. The van der Waals surface area contributed by atoms with Crippen molar-refractivity contribution in [3.05, 3.63) is 25.3 Å². The Bertz CT molecular complexity index is 246.